The predicted octanol–water partition coefficient (Wildman–Crippen LogP) is 2.56. The molecular formula is C16H23N3O3S. The molecule has 0 radical (unpaired) electrons. The summed E-state index contributed by atoms with van der Waals surface area (Å²) in [4.78, 5) is 4.08. The average molecular weight is 337 g/mol. The van der Waals surface area contributed by atoms with Crippen LogP contribution in [-0.4, -0.2) is 29.6 Å². The third-order valence-corrected chi connectivity index (χ3v) is 5.69. The number of nitrogens with zero attached hydrogens (tertiary/aromatic N) is 3. The molecule has 0 bridgehead atoms. The van der Waals surface area contributed by atoms with Crippen molar-refractivity contribution in [2.45, 2.75) is 44.9 Å². The molecule has 6 nitrogen and oxygen atoms in total. The smallest absolute Gasteiger partial charge is 0.283 e. The van der Waals surface area contributed by atoms with E-state index in [0.717, 1.165) is 6.42 Å². The highest BCUT2D eigenvalue weighted by Gasteiger charge is 2.26. The van der Waals surface area contributed by atoms with Crippen LogP contribution in [0.5, 0.6) is 0 Å². The van der Waals surface area contributed by atoms with E-state index in [4.69, 9.17) is 0 Å². The monoisotopic (exact) mass is 337 g/mol. The van der Waals surface area contributed by atoms with Crippen molar-refractivity contribution in [1.29, 1.82) is 0 Å². The van der Waals surface area contributed by atoms with Gasteiger partial charge in [0.2, 0.25) is 0 Å². The third kappa shape index (κ3) is 3.56. The van der Waals surface area contributed by atoms with Gasteiger partial charge in [0.15, 0.2) is 5.03 Å². The largest absolute Gasteiger partial charge is 0.392 e. The maximum atomic E-state index is 12.9. The summed E-state index contributed by atoms with van der Waals surface area (Å²) < 4.78 is 28.9. The number of benzene rings is 1. The Labute approximate surface area is 137 Å². The summed E-state index contributed by atoms with van der Waals surface area (Å²) in [6.07, 6.45) is 4.02. The molecule has 0 spiro atoms. The van der Waals surface area contributed by atoms with E-state index in [0.29, 0.717) is 11.3 Å². The zero-order valence-electron chi connectivity index (χ0n) is 13.7. The Hall–Kier alpha value is -1.86. The summed E-state index contributed by atoms with van der Waals surface area (Å²) in [5.41, 5.74) is 1.19. The Morgan fingerprint density at radius 1 is 1.35 bits per heavy atom. The molecular weight excluding hydrogens is 314 g/mol. The fraction of sp³-hybridized carbons (Fsp3) is 0.438. The zero-order valence-corrected chi connectivity index (χ0v) is 14.5. The van der Waals surface area contributed by atoms with Crippen LogP contribution in [0.4, 0.5) is 5.69 Å². The molecule has 0 amide bonds. The first kappa shape index (κ1) is 17.5. The quantitative estimate of drug-likeness (QED) is 0.842. The van der Waals surface area contributed by atoms with E-state index in [9.17, 15) is 13.5 Å². The minimum atomic E-state index is -3.73. The second-order valence-corrected chi connectivity index (χ2v) is 7.22. The third-order valence-electron chi connectivity index (χ3n) is 3.90. The van der Waals surface area contributed by atoms with Gasteiger partial charge in [-0.15, -0.1) is 0 Å². The van der Waals surface area contributed by atoms with Crippen LogP contribution in [0.2, 0.25) is 0 Å². The van der Waals surface area contributed by atoms with Crippen molar-refractivity contribution < 1.29 is 13.5 Å². The van der Waals surface area contributed by atoms with Gasteiger partial charge in [-0.05, 0) is 38.0 Å². The van der Waals surface area contributed by atoms with Crippen LogP contribution in [0.1, 0.15) is 38.8 Å². The lowest BCUT2D eigenvalue weighted by Crippen LogP contribution is -2.31. The van der Waals surface area contributed by atoms with Gasteiger partial charge in [0.1, 0.15) is 0 Å². The molecule has 0 aliphatic heterocycles. The van der Waals surface area contributed by atoms with Crippen LogP contribution in [0, 0.1) is 0 Å². The topological polar surface area (TPSA) is 75.4 Å². The van der Waals surface area contributed by atoms with E-state index in [2.05, 4.69) is 4.98 Å². The molecule has 0 fully saturated rings. The van der Waals surface area contributed by atoms with E-state index in [1.54, 1.807) is 43.7 Å². The average Bonchev–Trinajstić information content (AvgIpc) is 3.05. The number of sulfonamides is 1. The molecule has 1 atom stereocenters. The lowest BCUT2D eigenvalue weighted by molar-refractivity contribution is 0.282. The van der Waals surface area contributed by atoms with E-state index >= 15 is 0 Å². The highest BCUT2D eigenvalue weighted by atomic mass is 32.2. The summed E-state index contributed by atoms with van der Waals surface area (Å²) in [5, 5.41) is 9.28. The molecule has 0 saturated heterocycles. The Bertz CT molecular complexity index is 755. The Morgan fingerprint density at radius 3 is 2.70 bits per heavy atom. The molecule has 7 heteroatoms. The number of rotatable bonds is 7. The lowest BCUT2D eigenvalue weighted by atomic mass is 10.2. The van der Waals surface area contributed by atoms with Gasteiger partial charge >= 0.3 is 0 Å². The zero-order chi connectivity index (χ0) is 17.0. The van der Waals surface area contributed by atoms with Crippen LogP contribution in [-0.2, 0) is 16.6 Å². The maximum Gasteiger partial charge on any atom is 0.283 e. The standard InChI is InChI=1S/C16H23N3O3S/c1-4-13(3)18-10-16(17-12-18)23(21,22)19(5-2)15-8-6-7-14(9-15)11-20/h6-10,12-13,20H,4-5,11H2,1-3H3/t13-/m0/s1. The lowest BCUT2D eigenvalue weighted by Gasteiger charge is -2.22. The minimum absolute atomic E-state index is 0.0362. The molecule has 1 N–H and O–H groups in total. The Morgan fingerprint density at radius 2 is 2.09 bits per heavy atom. The first-order valence-electron chi connectivity index (χ1n) is 7.70. The van der Waals surface area contributed by atoms with Gasteiger partial charge < -0.3 is 9.67 Å². The van der Waals surface area contributed by atoms with Gasteiger partial charge in [0, 0.05) is 18.8 Å². The van der Waals surface area contributed by atoms with Crippen LogP contribution in [0.15, 0.2) is 41.8 Å². The van der Waals surface area contributed by atoms with Crippen molar-refractivity contribution in [3.63, 3.8) is 0 Å². The van der Waals surface area contributed by atoms with E-state index in [1.807, 2.05) is 18.4 Å². The number of aromatic nitrogens is 2. The molecule has 2 rings (SSSR count). The molecule has 1 aromatic carbocycles. The number of hydrogen-bond donors (Lipinski definition) is 1. The van der Waals surface area contributed by atoms with Crippen molar-refractivity contribution >= 4 is 15.7 Å². The van der Waals surface area contributed by atoms with Crippen molar-refractivity contribution in [2.24, 2.45) is 0 Å². The highest BCUT2D eigenvalue weighted by molar-refractivity contribution is 7.92. The molecule has 2 aromatic rings. The molecule has 0 unspecified atom stereocenters. The first-order valence-corrected chi connectivity index (χ1v) is 9.14. The second-order valence-electron chi connectivity index (χ2n) is 5.41. The molecule has 126 valence electrons. The number of aliphatic hydroxyl groups is 1. The first-order chi connectivity index (χ1) is 10.9. The van der Waals surface area contributed by atoms with Crippen molar-refractivity contribution in [2.75, 3.05) is 10.8 Å². The Balaban J connectivity index is 2.40. The fourth-order valence-corrected chi connectivity index (χ4v) is 3.71. The normalized spacial score (nSPS) is 13.0. The highest BCUT2D eigenvalue weighted by Crippen LogP contribution is 2.24. The minimum Gasteiger partial charge on any atom is -0.392 e. The second kappa shape index (κ2) is 7.14. The predicted molar refractivity (Wildman–Crippen MR) is 89.8 cm³/mol. The van der Waals surface area contributed by atoms with Crippen molar-refractivity contribution in [3.8, 4) is 0 Å². The number of anilines is 1. The summed E-state index contributed by atoms with van der Waals surface area (Å²) >= 11 is 0. The van der Waals surface area contributed by atoms with Gasteiger partial charge in [0.25, 0.3) is 10.0 Å². The van der Waals surface area contributed by atoms with Gasteiger partial charge in [-0.1, -0.05) is 19.1 Å². The van der Waals surface area contributed by atoms with Crippen LogP contribution < -0.4 is 4.31 Å². The molecule has 1 aromatic heterocycles. The van der Waals surface area contributed by atoms with E-state index in [-0.39, 0.29) is 24.2 Å². The Kier molecular flexibility index (Phi) is 5.43. The van der Waals surface area contributed by atoms with Gasteiger partial charge in [-0.2, -0.15) is 8.42 Å². The van der Waals surface area contributed by atoms with Crippen LogP contribution in [0.25, 0.3) is 0 Å². The fourth-order valence-electron chi connectivity index (χ4n) is 2.32. The van der Waals surface area contributed by atoms with Gasteiger partial charge in [-0.3, -0.25) is 4.31 Å². The maximum absolute atomic E-state index is 12.9. The van der Waals surface area contributed by atoms with Crippen LogP contribution >= 0.6 is 0 Å². The molecule has 0 aliphatic rings. The van der Waals surface area contributed by atoms with Gasteiger partial charge in [0.05, 0.1) is 18.6 Å². The van der Waals surface area contributed by atoms with Crippen molar-refractivity contribution in [1.82, 2.24) is 9.55 Å². The SMILES string of the molecule is CC[C@H](C)n1cnc(S(=O)(=O)N(CC)c2cccc(CO)c2)c1. The molecule has 0 aliphatic carbocycles. The summed E-state index contributed by atoms with van der Waals surface area (Å²) in [5.74, 6) is 0. The summed E-state index contributed by atoms with van der Waals surface area (Å²) in [6.45, 7) is 5.98. The molecule has 23 heavy (non-hydrogen) atoms. The van der Waals surface area contributed by atoms with Gasteiger partial charge in [-0.25, -0.2) is 4.98 Å². The summed E-state index contributed by atoms with van der Waals surface area (Å²) in [6, 6.07) is 7.07. The number of imidazole rings is 1. The van der Waals surface area contributed by atoms with Crippen LogP contribution in [0.3, 0.4) is 0 Å². The van der Waals surface area contributed by atoms with Crippen molar-refractivity contribution in [3.05, 3.63) is 42.4 Å². The number of aliphatic hydroxyl groups excluding tert-OH is 1. The van der Waals surface area contributed by atoms with E-state index < -0.39 is 10.0 Å². The number of hydrogen-bond acceptors (Lipinski definition) is 4. The molecule has 1 heterocycles. The van der Waals surface area contributed by atoms with E-state index in [1.165, 1.54) is 4.31 Å². The summed E-state index contributed by atoms with van der Waals surface area (Å²) in [7, 11) is -3.73. The molecule has 0 saturated carbocycles.